The molecule has 66 valence electrons. The third-order valence-corrected chi connectivity index (χ3v) is 3.06. The van der Waals surface area contributed by atoms with Crippen LogP contribution in [0.2, 0.25) is 0 Å². The molecular formula is C7H4IN3OS. The lowest BCUT2D eigenvalue weighted by atomic mass is 10.3. The molecule has 2 rings (SSSR count). The van der Waals surface area contributed by atoms with Crippen LogP contribution in [-0.2, 0) is 0 Å². The van der Waals surface area contributed by atoms with Crippen LogP contribution < -0.4 is 5.56 Å². The topological polar surface area (TPSA) is 58.6 Å². The third kappa shape index (κ3) is 1.94. The third-order valence-electron chi connectivity index (χ3n) is 1.42. The monoisotopic (exact) mass is 305 g/mol. The van der Waals surface area contributed by atoms with Crippen LogP contribution in [0.15, 0.2) is 23.1 Å². The highest BCUT2D eigenvalue weighted by Gasteiger charge is 2.03. The second-order valence-corrected chi connectivity index (χ2v) is 5.03. The summed E-state index contributed by atoms with van der Waals surface area (Å²) in [7, 11) is 0. The highest BCUT2D eigenvalue weighted by Crippen LogP contribution is 2.22. The smallest absolute Gasteiger partial charge is 0.248 e. The largest absolute Gasteiger partial charge is 0.329 e. The van der Waals surface area contributed by atoms with Gasteiger partial charge in [0.15, 0.2) is 3.01 Å². The predicted molar refractivity (Wildman–Crippen MR) is 58.7 cm³/mol. The van der Waals surface area contributed by atoms with Gasteiger partial charge in [-0.25, -0.2) is 0 Å². The van der Waals surface area contributed by atoms with Crippen molar-refractivity contribution in [3.63, 3.8) is 0 Å². The van der Waals surface area contributed by atoms with Crippen molar-refractivity contribution in [2.75, 3.05) is 0 Å². The Morgan fingerprint density at radius 1 is 1.46 bits per heavy atom. The highest BCUT2D eigenvalue weighted by molar-refractivity contribution is 14.1. The summed E-state index contributed by atoms with van der Waals surface area (Å²) >= 11 is 3.56. The Bertz CT molecular complexity index is 478. The average molecular weight is 305 g/mol. The first-order valence-electron chi connectivity index (χ1n) is 3.44. The van der Waals surface area contributed by atoms with Crippen molar-refractivity contribution in [2.45, 2.75) is 0 Å². The molecule has 0 unspecified atom stereocenters. The molecule has 4 nitrogen and oxygen atoms in total. The van der Waals surface area contributed by atoms with Gasteiger partial charge >= 0.3 is 0 Å². The molecule has 0 amide bonds. The summed E-state index contributed by atoms with van der Waals surface area (Å²) in [6, 6.07) is 3.31. The Labute approximate surface area is 91.2 Å². The minimum absolute atomic E-state index is 0.122. The van der Waals surface area contributed by atoms with E-state index in [-0.39, 0.29) is 5.56 Å². The van der Waals surface area contributed by atoms with Crippen LogP contribution in [0.3, 0.4) is 0 Å². The second kappa shape index (κ2) is 3.54. The van der Waals surface area contributed by atoms with Crippen molar-refractivity contribution in [3.8, 4) is 10.6 Å². The predicted octanol–water partition coefficient (Wildman–Crippen LogP) is 1.50. The first kappa shape index (κ1) is 8.82. The Kier molecular flexibility index (Phi) is 2.40. The molecule has 0 aliphatic rings. The van der Waals surface area contributed by atoms with Crippen LogP contribution >= 0.6 is 33.9 Å². The number of hydrogen-bond acceptors (Lipinski definition) is 4. The normalized spacial score (nSPS) is 10.2. The summed E-state index contributed by atoms with van der Waals surface area (Å²) in [6.45, 7) is 0. The van der Waals surface area contributed by atoms with Gasteiger partial charge in [-0.2, -0.15) is 0 Å². The van der Waals surface area contributed by atoms with Crippen LogP contribution in [0.25, 0.3) is 10.6 Å². The van der Waals surface area contributed by atoms with Crippen LogP contribution in [0.5, 0.6) is 0 Å². The Morgan fingerprint density at radius 3 is 2.92 bits per heavy atom. The maximum absolute atomic E-state index is 11.0. The van der Waals surface area contributed by atoms with E-state index in [4.69, 9.17) is 0 Å². The van der Waals surface area contributed by atoms with Gasteiger partial charge in [-0.15, -0.1) is 10.2 Å². The summed E-state index contributed by atoms with van der Waals surface area (Å²) in [5.74, 6) is 0. The van der Waals surface area contributed by atoms with Crippen LogP contribution in [0, 0.1) is 3.01 Å². The van der Waals surface area contributed by atoms with E-state index in [0.29, 0.717) is 0 Å². The minimum atomic E-state index is -0.122. The van der Waals surface area contributed by atoms with Crippen LogP contribution in [0.4, 0.5) is 0 Å². The van der Waals surface area contributed by atoms with E-state index in [2.05, 4.69) is 37.8 Å². The van der Waals surface area contributed by atoms with Crippen molar-refractivity contribution in [1.29, 1.82) is 0 Å². The molecule has 0 saturated carbocycles. The molecule has 0 saturated heterocycles. The zero-order valence-corrected chi connectivity index (χ0v) is 9.29. The van der Waals surface area contributed by atoms with E-state index >= 15 is 0 Å². The number of hydrogen-bond donors (Lipinski definition) is 1. The molecule has 0 aliphatic heterocycles. The Balaban J connectivity index is 2.52. The van der Waals surface area contributed by atoms with Crippen molar-refractivity contribution in [1.82, 2.24) is 15.2 Å². The number of rotatable bonds is 1. The van der Waals surface area contributed by atoms with Gasteiger partial charge in [0.25, 0.3) is 0 Å². The summed E-state index contributed by atoms with van der Waals surface area (Å²) in [4.78, 5) is 13.5. The maximum Gasteiger partial charge on any atom is 0.248 e. The van der Waals surface area contributed by atoms with Gasteiger partial charge in [-0.1, -0.05) is 11.3 Å². The fraction of sp³-hybridized carbons (Fsp3) is 0. The summed E-state index contributed by atoms with van der Waals surface area (Å²) in [5, 5.41) is 8.57. The summed E-state index contributed by atoms with van der Waals surface area (Å²) in [6.07, 6.45) is 1.60. The fourth-order valence-electron chi connectivity index (χ4n) is 0.900. The first-order valence-corrected chi connectivity index (χ1v) is 5.33. The van der Waals surface area contributed by atoms with Gasteiger partial charge in [0.1, 0.15) is 5.01 Å². The molecular weight excluding hydrogens is 301 g/mol. The molecule has 0 bridgehead atoms. The molecule has 1 N–H and O–H groups in total. The van der Waals surface area contributed by atoms with Gasteiger partial charge in [-0.3, -0.25) is 4.79 Å². The van der Waals surface area contributed by atoms with Gasteiger partial charge < -0.3 is 4.98 Å². The minimum Gasteiger partial charge on any atom is -0.329 e. The quantitative estimate of drug-likeness (QED) is 0.812. The van der Waals surface area contributed by atoms with Gasteiger partial charge in [-0.05, 0) is 28.7 Å². The molecule has 0 spiro atoms. The highest BCUT2D eigenvalue weighted by atomic mass is 127. The van der Waals surface area contributed by atoms with Crippen LogP contribution in [-0.4, -0.2) is 15.2 Å². The molecule has 0 aliphatic carbocycles. The number of H-pyrrole nitrogens is 1. The molecule has 2 aromatic rings. The van der Waals surface area contributed by atoms with E-state index in [9.17, 15) is 4.79 Å². The Morgan fingerprint density at radius 2 is 2.31 bits per heavy atom. The summed E-state index contributed by atoms with van der Waals surface area (Å²) < 4.78 is 0.868. The molecule has 2 aromatic heterocycles. The van der Waals surface area contributed by atoms with E-state index in [0.717, 1.165) is 13.6 Å². The number of nitrogens with zero attached hydrogens (tertiary/aromatic N) is 2. The average Bonchev–Trinajstić information content (AvgIpc) is 2.52. The molecule has 0 atom stereocenters. The molecule has 0 radical (unpaired) electrons. The number of nitrogens with one attached hydrogen (secondary N) is 1. The number of halogens is 1. The summed E-state index contributed by atoms with van der Waals surface area (Å²) in [5.41, 5.74) is 0.687. The zero-order valence-electron chi connectivity index (χ0n) is 6.32. The molecule has 0 fully saturated rings. The fourth-order valence-corrected chi connectivity index (χ4v) is 2.20. The molecule has 0 aromatic carbocycles. The van der Waals surface area contributed by atoms with E-state index in [1.807, 2.05) is 0 Å². The lowest BCUT2D eigenvalue weighted by Gasteiger charge is -1.90. The van der Waals surface area contributed by atoms with Gasteiger partial charge in [0.05, 0.1) is 0 Å². The van der Waals surface area contributed by atoms with E-state index < -0.39 is 0 Å². The first-order chi connectivity index (χ1) is 6.25. The van der Waals surface area contributed by atoms with Crippen molar-refractivity contribution in [2.24, 2.45) is 0 Å². The number of aromatic nitrogens is 3. The van der Waals surface area contributed by atoms with Gasteiger partial charge in [0, 0.05) is 17.8 Å². The maximum atomic E-state index is 11.0. The molecule has 6 heteroatoms. The zero-order chi connectivity index (χ0) is 9.26. The van der Waals surface area contributed by atoms with E-state index in [1.54, 1.807) is 12.3 Å². The van der Waals surface area contributed by atoms with Crippen molar-refractivity contribution < 1.29 is 0 Å². The second-order valence-electron chi connectivity index (χ2n) is 2.30. The lowest BCUT2D eigenvalue weighted by Crippen LogP contribution is -2.01. The van der Waals surface area contributed by atoms with E-state index in [1.165, 1.54) is 17.4 Å². The Hall–Kier alpha value is -0.760. The SMILES string of the molecule is O=c1cc(-c2nnc(I)s2)cc[nH]1. The lowest BCUT2D eigenvalue weighted by molar-refractivity contribution is 1.07. The van der Waals surface area contributed by atoms with Gasteiger partial charge in [0.2, 0.25) is 5.56 Å². The van der Waals surface area contributed by atoms with Crippen LogP contribution in [0.1, 0.15) is 0 Å². The number of pyridine rings is 1. The van der Waals surface area contributed by atoms with Crippen molar-refractivity contribution >= 4 is 33.9 Å². The standard InChI is InChI=1S/C7H4IN3OS/c8-7-11-10-6(13-7)4-1-2-9-5(12)3-4/h1-3H,(H,9,12). The molecule has 2 heterocycles. The number of aromatic amines is 1. The van der Waals surface area contributed by atoms with Crippen molar-refractivity contribution in [3.05, 3.63) is 31.7 Å². The molecule has 13 heavy (non-hydrogen) atoms.